The Balaban J connectivity index is 0.00000758. The van der Waals surface area contributed by atoms with E-state index in [0.717, 1.165) is 80.1 Å². The van der Waals surface area contributed by atoms with E-state index in [-0.39, 0.29) is 95.9 Å². The van der Waals surface area contributed by atoms with Crippen molar-refractivity contribution in [2.75, 3.05) is 6.61 Å². The number of hydrogen-bond acceptors (Lipinski definition) is 10. The van der Waals surface area contributed by atoms with Gasteiger partial charge in [-0.15, -0.1) is 0 Å². The van der Waals surface area contributed by atoms with E-state index in [9.17, 15) is 33.4 Å². The van der Waals surface area contributed by atoms with Gasteiger partial charge in [-0.05, 0) is 204 Å². The van der Waals surface area contributed by atoms with Gasteiger partial charge in [0.2, 0.25) is 5.72 Å². The molecule has 5 heterocycles. The van der Waals surface area contributed by atoms with Crippen LogP contribution in [0.3, 0.4) is 0 Å². The zero-order chi connectivity index (χ0) is 62.1. The average molecular weight is 1250 g/mol. The van der Waals surface area contributed by atoms with Gasteiger partial charge in [0.1, 0.15) is 17.6 Å². The summed E-state index contributed by atoms with van der Waals surface area (Å²) in [5.74, 6) is 4.23. The summed E-state index contributed by atoms with van der Waals surface area (Å²) in [6.07, 6.45) is 8.54. The number of hydrogen-bond donors (Lipinski definition) is 6. The first kappa shape index (κ1) is 63.5. The van der Waals surface area contributed by atoms with Crippen LogP contribution in [0.1, 0.15) is 163 Å². The van der Waals surface area contributed by atoms with Crippen LogP contribution in [0.2, 0.25) is 0 Å². The van der Waals surface area contributed by atoms with Crippen molar-refractivity contribution in [2.24, 2.45) is 57.9 Å². The Morgan fingerprint density at radius 3 is 2.35 bits per heavy atom. The zero-order valence-electron chi connectivity index (χ0n) is 52.1. The molecular formula is C77H82N3NaO9S. The van der Waals surface area contributed by atoms with Gasteiger partial charge in [0, 0.05) is 48.0 Å². The summed E-state index contributed by atoms with van der Waals surface area (Å²) in [6.45, 7) is 2.07. The Bertz CT molecular complexity index is 4050. The molecule has 4 aliphatic carbocycles. The number of nitrogens with two attached hydrogens (primary N) is 2. The molecule has 0 aromatic heterocycles. The van der Waals surface area contributed by atoms with Crippen LogP contribution in [0.15, 0.2) is 174 Å². The van der Waals surface area contributed by atoms with Crippen molar-refractivity contribution >= 4 is 26.9 Å². The molecule has 10 bridgehead atoms. The molecule has 7 aromatic rings. The zero-order valence-corrected chi connectivity index (χ0v) is 54.9. The molecule has 466 valence electrons. The molecule has 16 rings (SSSR count). The molecule has 16 unspecified atom stereocenters. The van der Waals surface area contributed by atoms with Crippen LogP contribution in [-0.4, -0.2) is 62.9 Å². The minimum atomic E-state index is -4.97. The molecule has 14 heteroatoms. The first-order valence-electron chi connectivity index (χ1n) is 32.8. The number of allylic oxidation sites excluding steroid dienone is 1. The second-order valence-electron chi connectivity index (χ2n) is 27.6. The maximum atomic E-state index is 14.5. The smallest absolute Gasteiger partial charge is 0.748 e. The quantitative estimate of drug-likeness (QED) is 0.0189. The molecule has 9 aliphatic rings. The third-order valence-corrected chi connectivity index (χ3v) is 23.7. The van der Waals surface area contributed by atoms with Gasteiger partial charge in [-0.2, -0.15) is 0 Å². The van der Waals surface area contributed by atoms with Gasteiger partial charge in [-0.25, -0.2) is 13.4 Å². The largest absolute Gasteiger partial charge is 1.00 e. The molecule has 5 aliphatic heterocycles. The van der Waals surface area contributed by atoms with E-state index in [0.29, 0.717) is 81.1 Å². The van der Waals surface area contributed by atoms with E-state index < -0.39 is 62.6 Å². The minimum absolute atomic E-state index is 0. The van der Waals surface area contributed by atoms with Crippen LogP contribution in [0.25, 0.3) is 10.8 Å². The van der Waals surface area contributed by atoms with E-state index in [1.165, 1.54) is 0 Å². The van der Waals surface area contributed by atoms with Crippen molar-refractivity contribution in [3.8, 4) is 23.3 Å². The van der Waals surface area contributed by atoms with Crippen molar-refractivity contribution < 1.29 is 72.4 Å². The second-order valence-corrected chi connectivity index (χ2v) is 29.2. The van der Waals surface area contributed by atoms with Crippen LogP contribution in [0, 0.1) is 53.3 Å². The fourth-order valence-electron chi connectivity index (χ4n) is 18.1. The summed E-state index contributed by atoms with van der Waals surface area (Å²) in [4.78, 5) is 5.35. The number of guanidine groups is 1. The van der Waals surface area contributed by atoms with Gasteiger partial charge in [0.15, 0.2) is 5.96 Å². The van der Waals surface area contributed by atoms with Crippen molar-refractivity contribution in [3.05, 3.63) is 225 Å². The van der Waals surface area contributed by atoms with Crippen LogP contribution >= 0.6 is 0 Å². The van der Waals surface area contributed by atoms with Gasteiger partial charge < -0.3 is 45.9 Å². The number of rotatable bonds is 10. The summed E-state index contributed by atoms with van der Waals surface area (Å²) in [6, 6.07) is 52.7. The van der Waals surface area contributed by atoms with Crippen LogP contribution < -0.4 is 45.8 Å². The predicted molar refractivity (Wildman–Crippen MR) is 349 cm³/mol. The Hall–Kier alpha value is -6.28. The van der Waals surface area contributed by atoms with Gasteiger partial charge in [0.25, 0.3) is 0 Å². The number of phenolic OH excluding ortho intramolecular Hbond substituents is 1. The van der Waals surface area contributed by atoms with Gasteiger partial charge in [-0.1, -0.05) is 158 Å². The molecule has 0 amide bonds. The van der Waals surface area contributed by atoms with Gasteiger partial charge in [0.05, 0.1) is 33.2 Å². The van der Waals surface area contributed by atoms with Gasteiger partial charge in [-0.3, -0.25) is 0 Å². The van der Waals surface area contributed by atoms with Crippen LogP contribution in [0.5, 0.6) is 11.5 Å². The van der Waals surface area contributed by atoms with Crippen LogP contribution in [-0.2, 0) is 39.8 Å². The standard InChI is InChI=1S/C77H83N3O9S.Na/c1-46-17-18-55-39-62-31-33-65(55)67(46)43-72(90(85,86)87)68-41-58-37-57(40-63-35-48(45-81)11-7-14-53-38-61(82)30-32-66(53)74(58)88-63)73(68)52-23-27-60(28-24-52)77(89-62,80-75(78)79)69-34-29-59-26-25-56(44-76(59,84)70(69)36-47-9-3-2-4-10-47)49-19-21-51(22-20-49)71(83)42-54-15-8-13-50-12-5-6-16-64(50)54;/h2-6,8-10,12-13,15-16,19-24,27-28,30-33,38-39,41,46,48,56-57,59,63,67-74,81-84H,11,17-18,25-26,29,34-37,40,42-45H2,1H3,(H4,78,79,80)(H,85,86,87);/q;+1/p-1. The number of aliphatic hydroxyl groups is 3. The van der Waals surface area contributed by atoms with Crippen molar-refractivity contribution in [1.29, 1.82) is 0 Å². The molecule has 1 saturated heterocycles. The van der Waals surface area contributed by atoms with E-state index in [1.54, 1.807) is 12.1 Å². The number of aryl methyl sites for hydroxylation is 1. The third kappa shape index (κ3) is 12.4. The number of ether oxygens (including phenoxy) is 2. The molecular weight excluding hydrogens is 1170 g/mol. The Labute approximate surface area is 557 Å². The van der Waals surface area contributed by atoms with Crippen LogP contribution in [0.4, 0.5) is 0 Å². The Morgan fingerprint density at radius 1 is 0.824 bits per heavy atom. The minimum Gasteiger partial charge on any atom is -0.748 e. The molecule has 0 spiro atoms. The maximum Gasteiger partial charge on any atom is 1.00 e. The normalized spacial score (nSPS) is 31.1. The number of benzene rings is 7. The number of aromatic hydroxyl groups is 1. The van der Waals surface area contributed by atoms with E-state index in [2.05, 4.69) is 110 Å². The molecule has 16 atom stereocenters. The summed E-state index contributed by atoms with van der Waals surface area (Å²) >= 11 is 0. The maximum absolute atomic E-state index is 14.5. The SMILES string of the molecule is CC1CCc2cc3ccc2C1CC(S(=O)(=O)[O-])C1C=C2CC(CC4CC(CO)CC#Cc5cc(O)ccc5C2O4)C1c1ccc(cc1)C(N=C(N)N)(C1CCC2CCC(c4ccc(C(O)Cc5cccc6ccccc56)cc4)CC2(O)C1Cc1ccccc1)O3.[Na+]. The Kier molecular flexibility index (Phi) is 18.1. The van der Waals surface area contributed by atoms with Crippen molar-refractivity contribution in [2.45, 2.75) is 149 Å². The fraction of sp³-hybridized carbons (Fsp3) is 0.416. The fourth-order valence-corrected chi connectivity index (χ4v) is 19.2. The molecule has 3 fully saturated rings. The van der Waals surface area contributed by atoms with Crippen molar-refractivity contribution in [1.82, 2.24) is 0 Å². The number of aliphatic imine (C=N–C) groups is 1. The van der Waals surface area contributed by atoms with Gasteiger partial charge >= 0.3 is 29.6 Å². The topological polar surface area (TPSA) is 221 Å². The number of nitrogens with zero attached hydrogens (tertiary/aromatic N) is 1. The summed E-state index contributed by atoms with van der Waals surface area (Å²) in [5.41, 5.74) is 20.6. The first-order chi connectivity index (χ1) is 43.5. The first-order valence-corrected chi connectivity index (χ1v) is 34.3. The number of fused-ring (bicyclic) bond motifs is 11. The number of aliphatic hydroxyl groups excluding tert-OH is 2. The summed E-state index contributed by atoms with van der Waals surface area (Å²) in [7, 11) is -4.97. The van der Waals surface area contributed by atoms with E-state index >= 15 is 0 Å². The number of phenols is 1. The molecule has 7 aromatic carbocycles. The summed E-state index contributed by atoms with van der Waals surface area (Å²) in [5, 5.41) is 48.4. The molecule has 8 N–H and O–H groups in total. The molecule has 0 radical (unpaired) electrons. The second kappa shape index (κ2) is 25.9. The van der Waals surface area contributed by atoms with Crippen molar-refractivity contribution in [3.63, 3.8) is 0 Å². The van der Waals surface area contributed by atoms with E-state index in [4.69, 9.17) is 25.9 Å². The predicted octanol–water partition coefficient (Wildman–Crippen LogP) is 9.83. The average Bonchev–Trinajstić information content (AvgIpc) is 1.26. The third-order valence-electron chi connectivity index (χ3n) is 22.5. The monoisotopic (exact) mass is 1250 g/mol. The molecule has 91 heavy (non-hydrogen) atoms. The molecule has 12 nitrogen and oxygen atoms in total. The Morgan fingerprint density at radius 2 is 1.57 bits per heavy atom. The molecule has 2 saturated carbocycles. The summed E-state index contributed by atoms with van der Waals surface area (Å²) < 4.78 is 58.3. The van der Waals surface area contributed by atoms with E-state index in [1.807, 2.05) is 60.7 Å².